The number of hydrogen-bond donors (Lipinski definition) is 1. The Kier molecular flexibility index (Phi) is 5.87. The van der Waals surface area contributed by atoms with E-state index in [-0.39, 0.29) is 15.8 Å². The monoisotopic (exact) mass is 336 g/mol. The van der Waals surface area contributed by atoms with E-state index in [1.54, 1.807) is 11.8 Å². The molecule has 1 rings (SSSR count). The van der Waals surface area contributed by atoms with Gasteiger partial charge in [-0.3, -0.25) is 10.1 Å². The van der Waals surface area contributed by atoms with E-state index >= 15 is 0 Å². The van der Waals surface area contributed by atoms with Crippen LogP contribution in [0.15, 0.2) is 16.6 Å². The molecule has 0 amide bonds. The van der Waals surface area contributed by atoms with E-state index in [4.69, 9.17) is 0 Å². The molecule has 1 aromatic carbocycles. The van der Waals surface area contributed by atoms with Gasteiger partial charge in [0.1, 0.15) is 11.5 Å². The van der Waals surface area contributed by atoms with E-state index in [1.807, 2.05) is 13.2 Å². The molecule has 18 heavy (non-hydrogen) atoms. The second-order valence-corrected chi connectivity index (χ2v) is 5.75. The lowest BCUT2D eigenvalue weighted by Gasteiger charge is -2.12. The van der Waals surface area contributed by atoms with Crippen LogP contribution in [0.1, 0.15) is 6.92 Å². The van der Waals surface area contributed by atoms with Crippen molar-refractivity contribution in [2.24, 2.45) is 5.92 Å². The first-order valence-electron chi connectivity index (χ1n) is 5.32. The maximum absolute atomic E-state index is 13.4. The minimum Gasteiger partial charge on any atom is -0.379 e. The Balaban J connectivity index is 2.86. The first-order chi connectivity index (χ1) is 8.45. The number of nitrogens with one attached hydrogen (secondary N) is 1. The van der Waals surface area contributed by atoms with Gasteiger partial charge in [-0.15, -0.1) is 0 Å². The summed E-state index contributed by atoms with van der Waals surface area (Å²) in [6.07, 6.45) is 2.00. The highest BCUT2D eigenvalue weighted by Crippen LogP contribution is 2.30. The molecule has 0 heterocycles. The number of nitro benzene ring substituents is 1. The highest BCUT2D eigenvalue weighted by molar-refractivity contribution is 9.10. The summed E-state index contributed by atoms with van der Waals surface area (Å²) in [6.45, 7) is 2.60. The summed E-state index contributed by atoms with van der Waals surface area (Å²) in [6, 6.07) is 2.32. The van der Waals surface area contributed by atoms with E-state index in [1.165, 1.54) is 6.07 Å². The largest absolute Gasteiger partial charge is 0.379 e. The van der Waals surface area contributed by atoms with Crippen molar-refractivity contribution < 1.29 is 9.31 Å². The van der Waals surface area contributed by atoms with Crippen molar-refractivity contribution in [3.8, 4) is 0 Å². The molecule has 1 N–H and O–H groups in total. The molecule has 0 aliphatic rings. The lowest BCUT2D eigenvalue weighted by Crippen LogP contribution is -2.14. The van der Waals surface area contributed by atoms with Gasteiger partial charge >= 0.3 is 0 Å². The molecule has 1 unspecified atom stereocenters. The lowest BCUT2D eigenvalue weighted by atomic mass is 10.2. The Hall–Kier alpha value is -0.820. The molecular formula is C11H14BrFN2O2S. The summed E-state index contributed by atoms with van der Waals surface area (Å²) in [5.74, 6) is 0.784. The lowest BCUT2D eigenvalue weighted by molar-refractivity contribution is -0.384. The molecule has 0 bridgehead atoms. The third kappa shape index (κ3) is 4.13. The van der Waals surface area contributed by atoms with Crippen LogP contribution in [-0.4, -0.2) is 23.5 Å². The molecule has 0 saturated heterocycles. The highest BCUT2D eigenvalue weighted by atomic mass is 79.9. The SMILES string of the molecule is CSCC(C)CNc1cc(F)c(Br)cc1[N+](=O)[O-]. The minimum atomic E-state index is -0.522. The highest BCUT2D eigenvalue weighted by Gasteiger charge is 2.17. The zero-order valence-corrected chi connectivity index (χ0v) is 12.5. The molecule has 0 radical (unpaired) electrons. The first kappa shape index (κ1) is 15.2. The zero-order chi connectivity index (χ0) is 13.7. The van der Waals surface area contributed by atoms with Gasteiger partial charge in [0.15, 0.2) is 0 Å². The maximum Gasteiger partial charge on any atom is 0.293 e. The fourth-order valence-electron chi connectivity index (χ4n) is 1.46. The van der Waals surface area contributed by atoms with E-state index in [2.05, 4.69) is 21.2 Å². The van der Waals surface area contributed by atoms with E-state index in [0.717, 1.165) is 11.8 Å². The van der Waals surface area contributed by atoms with Crippen molar-refractivity contribution in [2.45, 2.75) is 6.92 Å². The predicted molar refractivity (Wildman–Crippen MR) is 76.8 cm³/mol. The minimum absolute atomic E-state index is 0.0944. The van der Waals surface area contributed by atoms with Gasteiger partial charge in [-0.1, -0.05) is 6.92 Å². The van der Waals surface area contributed by atoms with Crippen LogP contribution in [0.3, 0.4) is 0 Å². The molecule has 0 aliphatic heterocycles. The summed E-state index contributed by atoms with van der Waals surface area (Å²) in [5.41, 5.74) is 0.0910. The van der Waals surface area contributed by atoms with Gasteiger partial charge < -0.3 is 5.32 Å². The van der Waals surface area contributed by atoms with Gasteiger partial charge in [-0.2, -0.15) is 11.8 Å². The number of nitro groups is 1. The second-order valence-electron chi connectivity index (χ2n) is 3.98. The molecular weight excluding hydrogens is 323 g/mol. The van der Waals surface area contributed by atoms with Gasteiger partial charge in [-0.05, 0) is 33.9 Å². The number of rotatable bonds is 6. The molecule has 4 nitrogen and oxygen atoms in total. The van der Waals surface area contributed by atoms with Gasteiger partial charge in [0, 0.05) is 18.7 Å². The Labute approximate surface area is 118 Å². The van der Waals surface area contributed by atoms with Crippen LogP contribution in [0.25, 0.3) is 0 Å². The number of anilines is 1. The smallest absolute Gasteiger partial charge is 0.293 e. The summed E-state index contributed by atoms with van der Waals surface area (Å²) in [4.78, 5) is 10.4. The molecule has 0 aromatic heterocycles. The number of nitrogens with zero attached hydrogens (tertiary/aromatic N) is 1. The van der Waals surface area contributed by atoms with Gasteiger partial charge in [-0.25, -0.2) is 4.39 Å². The van der Waals surface area contributed by atoms with Crippen molar-refractivity contribution in [2.75, 3.05) is 23.9 Å². The molecule has 100 valence electrons. The van der Waals surface area contributed by atoms with E-state index < -0.39 is 10.7 Å². The molecule has 0 aliphatic carbocycles. The van der Waals surface area contributed by atoms with Crippen LogP contribution < -0.4 is 5.32 Å². The summed E-state index contributed by atoms with van der Waals surface area (Å²) < 4.78 is 13.5. The van der Waals surface area contributed by atoms with Crippen molar-refractivity contribution in [3.63, 3.8) is 0 Å². The molecule has 0 spiro atoms. The average Bonchev–Trinajstić information content (AvgIpc) is 2.30. The molecule has 0 saturated carbocycles. The fraction of sp³-hybridized carbons (Fsp3) is 0.455. The summed E-state index contributed by atoms with van der Waals surface area (Å²) >= 11 is 4.65. The van der Waals surface area contributed by atoms with Crippen molar-refractivity contribution in [1.82, 2.24) is 0 Å². The van der Waals surface area contributed by atoms with Crippen LogP contribution in [-0.2, 0) is 0 Å². The third-order valence-electron chi connectivity index (χ3n) is 2.33. The zero-order valence-electron chi connectivity index (χ0n) is 10.1. The number of thioether (sulfide) groups is 1. The maximum atomic E-state index is 13.4. The Morgan fingerprint density at radius 1 is 1.61 bits per heavy atom. The Bertz CT molecular complexity index is 445. The molecule has 7 heteroatoms. The van der Waals surface area contributed by atoms with Gasteiger partial charge in [0.05, 0.1) is 9.40 Å². The predicted octanol–water partition coefficient (Wildman–Crippen LogP) is 3.91. The van der Waals surface area contributed by atoms with E-state index in [0.29, 0.717) is 12.5 Å². The van der Waals surface area contributed by atoms with Crippen LogP contribution in [0, 0.1) is 21.8 Å². The quantitative estimate of drug-likeness (QED) is 0.632. The van der Waals surface area contributed by atoms with Crippen LogP contribution >= 0.6 is 27.7 Å². The second kappa shape index (κ2) is 6.94. The first-order valence-corrected chi connectivity index (χ1v) is 7.50. The molecule has 1 atom stereocenters. The number of benzene rings is 1. The van der Waals surface area contributed by atoms with Crippen molar-refractivity contribution in [1.29, 1.82) is 0 Å². The van der Waals surface area contributed by atoms with Crippen LogP contribution in [0.5, 0.6) is 0 Å². The van der Waals surface area contributed by atoms with Crippen molar-refractivity contribution >= 4 is 39.1 Å². The Morgan fingerprint density at radius 3 is 2.83 bits per heavy atom. The molecule has 0 fully saturated rings. The standard InChI is InChI=1S/C11H14BrFN2O2S/c1-7(6-18-2)5-14-10-4-9(13)8(12)3-11(10)15(16)17/h3-4,7,14H,5-6H2,1-2H3. The topological polar surface area (TPSA) is 55.2 Å². The Morgan fingerprint density at radius 2 is 2.28 bits per heavy atom. The number of hydrogen-bond acceptors (Lipinski definition) is 4. The summed E-state index contributed by atoms with van der Waals surface area (Å²) in [5, 5.41) is 13.8. The van der Waals surface area contributed by atoms with Crippen LogP contribution in [0.2, 0.25) is 0 Å². The fourth-order valence-corrected chi connectivity index (χ4v) is 2.47. The van der Waals surface area contributed by atoms with E-state index in [9.17, 15) is 14.5 Å². The summed E-state index contributed by atoms with van der Waals surface area (Å²) in [7, 11) is 0. The third-order valence-corrected chi connectivity index (χ3v) is 3.84. The average molecular weight is 337 g/mol. The normalized spacial score (nSPS) is 12.2. The van der Waals surface area contributed by atoms with Crippen molar-refractivity contribution in [3.05, 3.63) is 32.5 Å². The van der Waals surface area contributed by atoms with Gasteiger partial charge in [0.25, 0.3) is 5.69 Å². The van der Waals surface area contributed by atoms with Gasteiger partial charge in [0.2, 0.25) is 0 Å². The van der Waals surface area contributed by atoms with Crippen LogP contribution in [0.4, 0.5) is 15.8 Å². The number of halogens is 2. The molecule has 1 aromatic rings.